The summed E-state index contributed by atoms with van der Waals surface area (Å²) >= 11 is 0. The molecule has 0 bridgehead atoms. The number of nitrogens with zero attached hydrogens (tertiary/aromatic N) is 2. The minimum atomic E-state index is -0.273. The van der Waals surface area contributed by atoms with Gasteiger partial charge in [-0.2, -0.15) is 0 Å². The van der Waals surface area contributed by atoms with Crippen LogP contribution in [0.25, 0.3) is 0 Å². The molecule has 1 heterocycles. The van der Waals surface area contributed by atoms with Crippen molar-refractivity contribution in [2.24, 2.45) is 5.92 Å². The number of benzene rings is 1. The van der Waals surface area contributed by atoms with Gasteiger partial charge in [-0.1, -0.05) is 29.8 Å². The SMILES string of the molecule is CC(=O)NC(CC(=O)N(C)CC1CCN(C)CC1)c1ccc(C)cc1. The molecule has 0 radical (unpaired) electrons. The number of nitrogens with one attached hydrogen (secondary N) is 1. The highest BCUT2D eigenvalue weighted by molar-refractivity contribution is 5.79. The van der Waals surface area contributed by atoms with Gasteiger partial charge in [0.2, 0.25) is 11.8 Å². The zero-order valence-electron chi connectivity index (χ0n) is 15.9. The van der Waals surface area contributed by atoms with Gasteiger partial charge in [0.25, 0.3) is 0 Å². The Hall–Kier alpha value is -1.88. The lowest BCUT2D eigenvalue weighted by Crippen LogP contribution is -2.39. The highest BCUT2D eigenvalue weighted by Gasteiger charge is 2.23. The second-order valence-electron chi connectivity index (χ2n) is 7.39. The van der Waals surface area contributed by atoms with E-state index in [0.717, 1.165) is 43.6 Å². The number of likely N-dealkylation sites (tertiary alicyclic amines) is 1. The molecule has 0 aliphatic carbocycles. The Bertz CT molecular complexity index is 577. The third-order valence-corrected chi connectivity index (χ3v) is 5.03. The smallest absolute Gasteiger partial charge is 0.224 e. The number of aryl methyl sites for hydroxylation is 1. The van der Waals surface area contributed by atoms with Crippen molar-refractivity contribution in [3.05, 3.63) is 35.4 Å². The predicted octanol–water partition coefficient (Wildman–Crippen LogP) is 2.36. The van der Waals surface area contributed by atoms with E-state index >= 15 is 0 Å². The van der Waals surface area contributed by atoms with Gasteiger partial charge in [0, 0.05) is 20.5 Å². The van der Waals surface area contributed by atoms with Crippen LogP contribution < -0.4 is 5.32 Å². The molecule has 1 aliphatic heterocycles. The molecule has 1 aliphatic rings. The van der Waals surface area contributed by atoms with Crippen LogP contribution in [-0.4, -0.2) is 55.3 Å². The Labute approximate surface area is 151 Å². The zero-order chi connectivity index (χ0) is 18.4. The Morgan fingerprint density at radius 1 is 1.24 bits per heavy atom. The van der Waals surface area contributed by atoms with Gasteiger partial charge in [0.05, 0.1) is 12.5 Å². The third-order valence-electron chi connectivity index (χ3n) is 5.03. The average molecular weight is 345 g/mol. The summed E-state index contributed by atoms with van der Waals surface area (Å²) in [6.07, 6.45) is 2.58. The molecule has 5 heteroatoms. The molecule has 5 nitrogen and oxygen atoms in total. The van der Waals surface area contributed by atoms with Gasteiger partial charge >= 0.3 is 0 Å². The normalized spacial score (nSPS) is 17.1. The molecule has 2 rings (SSSR count). The fraction of sp³-hybridized carbons (Fsp3) is 0.600. The summed E-state index contributed by atoms with van der Waals surface area (Å²) in [6.45, 7) is 6.52. The predicted molar refractivity (Wildman–Crippen MR) is 100 cm³/mol. The number of hydrogen-bond donors (Lipinski definition) is 1. The van der Waals surface area contributed by atoms with Crippen molar-refractivity contribution in [2.75, 3.05) is 33.7 Å². The minimum Gasteiger partial charge on any atom is -0.349 e. The molecule has 0 spiro atoms. The van der Waals surface area contributed by atoms with E-state index in [1.54, 1.807) is 0 Å². The van der Waals surface area contributed by atoms with Crippen molar-refractivity contribution in [1.29, 1.82) is 0 Å². The van der Waals surface area contributed by atoms with Crippen molar-refractivity contribution in [2.45, 2.75) is 39.2 Å². The fourth-order valence-corrected chi connectivity index (χ4v) is 3.36. The number of amides is 2. The largest absolute Gasteiger partial charge is 0.349 e. The summed E-state index contributed by atoms with van der Waals surface area (Å²) < 4.78 is 0. The lowest BCUT2D eigenvalue weighted by Gasteiger charge is -2.32. The lowest BCUT2D eigenvalue weighted by molar-refractivity contribution is -0.131. The van der Waals surface area contributed by atoms with E-state index in [1.165, 1.54) is 6.92 Å². The van der Waals surface area contributed by atoms with Crippen LogP contribution in [0, 0.1) is 12.8 Å². The van der Waals surface area contributed by atoms with Crippen molar-refractivity contribution in [3.8, 4) is 0 Å². The monoisotopic (exact) mass is 345 g/mol. The fourth-order valence-electron chi connectivity index (χ4n) is 3.36. The maximum absolute atomic E-state index is 12.7. The lowest BCUT2D eigenvalue weighted by atomic mass is 9.96. The zero-order valence-corrected chi connectivity index (χ0v) is 15.9. The summed E-state index contributed by atoms with van der Waals surface area (Å²) in [4.78, 5) is 28.4. The molecule has 2 amide bonds. The van der Waals surface area contributed by atoms with E-state index < -0.39 is 0 Å². The summed E-state index contributed by atoms with van der Waals surface area (Å²) in [5.41, 5.74) is 2.14. The van der Waals surface area contributed by atoms with Gasteiger partial charge < -0.3 is 15.1 Å². The molecule has 1 aromatic rings. The first-order valence-electron chi connectivity index (χ1n) is 9.11. The molecular weight excluding hydrogens is 314 g/mol. The van der Waals surface area contributed by atoms with Crippen LogP contribution in [0.3, 0.4) is 0 Å². The minimum absolute atomic E-state index is 0.0817. The summed E-state index contributed by atoms with van der Waals surface area (Å²) in [5.74, 6) is 0.540. The van der Waals surface area contributed by atoms with Crippen LogP contribution in [0.2, 0.25) is 0 Å². The van der Waals surface area contributed by atoms with E-state index in [2.05, 4.69) is 17.3 Å². The summed E-state index contributed by atoms with van der Waals surface area (Å²) in [5, 5.41) is 2.92. The first-order valence-corrected chi connectivity index (χ1v) is 9.11. The molecular formula is C20H31N3O2. The maximum atomic E-state index is 12.7. The van der Waals surface area contributed by atoms with E-state index in [0.29, 0.717) is 12.3 Å². The first-order chi connectivity index (χ1) is 11.8. The number of hydrogen-bond acceptors (Lipinski definition) is 3. The summed E-state index contributed by atoms with van der Waals surface area (Å²) in [7, 11) is 4.02. The van der Waals surface area contributed by atoms with Crippen LogP contribution >= 0.6 is 0 Å². The van der Waals surface area contributed by atoms with Crippen LogP contribution in [0.5, 0.6) is 0 Å². The van der Waals surface area contributed by atoms with Gasteiger partial charge in [0.1, 0.15) is 0 Å². The highest BCUT2D eigenvalue weighted by atomic mass is 16.2. The second-order valence-corrected chi connectivity index (χ2v) is 7.39. The number of piperidine rings is 1. The van der Waals surface area contributed by atoms with E-state index in [4.69, 9.17) is 0 Å². The highest BCUT2D eigenvalue weighted by Crippen LogP contribution is 2.21. The molecule has 1 unspecified atom stereocenters. The van der Waals surface area contributed by atoms with Crippen LogP contribution in [0.1, 0.15) is 43.4 Å². The van der Waals surface area contributed by atoms with Gasteiger partial charge in [-0.05, 0) is 51.4 Å². The third kappa shape index (κ3) is 6.16. The maximum Gasteiger partial charge on any atom is 0.224 e. The van der Waals surface area contributed by atoms with E-state index in [-0.39, 0.29) is 17.9 Å². The molecule has 25 heavy (non-hydrogen) atoms. The Kier molecular flexibility index (Phi) is 7.00. The van der Waals surface area contributed by atoms with Crippen molar-refractivity contribution < 1.29 is 9.59 Å². The van der Waals surface area contributed by atoms with Gasteiger partial charge in [-0.25, -0.2) is 0 Å². The quantitative estimate of drug-likeness (QED) is 0.861. The number of carbonyl (C=O) groups is 2. The molecule has 1 atom stereocenters. The molecule has 1 aromatic carbocycles. The molecule has 1 fully saturated rings. The van der Waals surface area contributed by atoms with Crippen molar-refractivity contribution >= 4 is 11.8 Å². The van der Waals surface area contributed by atoms with E-state index in [1.807, 2.05) is 43.1 Å². The van der Waals surface area contributed by atoms with Gasteiger partial charge in [-0.15, -0.1) is 0 Å². The van der Waals surface area contributed by atoms with Gasteiger partial charge in [-0.3, -0.25) is 9.59 Å². The van der Waals surface area contributed by atoms with Crippen LogP contribution in [-0.2, 0) is 9.59 Å². The number of rotatable bonds is 6. The molecule has 1 N–H and O–H groups in total. The Balaban J connectivity index is 1.95. The molecule has 1 saturated heterocycles. The van der Waals surface area contributed by atoms with Crippen molar-refractivity contribution in [3.63, 3.8) is 0 Å². The Morgan fingerprint density at radius 3 is 2.40 bits per heavy atom. The first kappa shape index (κ1) is 19.4. The van der Waals surface area contributed by atoms with Crippen LogP contribution in [0.4, 0.5) is 0 Å². The molecule has 0 saturated carbocycles. The summed E-state index contributed by atoms with van der Waals surface area (Å²) in [6, 6.07) is 7.72. The van der Waals surface area contributed by atoms with Gasteiger partial charge in [0.15, 0.2) is 0 Å². The van der Waals surface area contributed by atoms with Crippen LogP contribution in [0.15, 0.2) is 24.3 Å². The second kappa shape index (κ2) is 8.99. The standard InChI is InChI=1S/C20H31N3O2/c1-15-5-7-18(8-6-15)19(21-16(2)24)13-20(25)23(4)14-17-9-11-22(3)12-10-17/h5-8,17,19H,9-14H2,1-4H3,(H,21,24). The average Bonchev–Trinajstić information content (AvgIpc) is 2.56. The van der Waals surface area contributed by atoms with Crippen molar-refractivity contribution in [1.82, 2.24) is 15.1 Å². The molecule has 138 valence electrons. The molecule has 0 aromatic heterocycles. The number of carbonyl (C=O) groups excluding carboxylic acids is 2. The van der Waals surface area contributed by atoms with E-state index in [9.17, 15) is 9.59 Å². The Morgan fingerprint density at radius 2 is 1.84 bits per heavy atom. The topological polar surface area (TPSA) is 52.7 Å².